The summed E-state index contributed by atoms with van der Waals surface area (Å²) in [5.41, 5.74) is 8.74. The smallest absolute Gasteiger partial charge is 0.321 e. The Kier molecular flexibility index (Phi) is 7.18. The zero-order valence-electron chi connectivity index (χ0n) is 19.8. The molecule has 0 radical (unpaired) electrons. The van der Waals surface area contributed by atoms with E-state index in [0.29, 0.717) is 54.6 Å². The molecule has 0 spiro atoms. The number of benzene rings is 2. The number of aryl methyl sites for hydroxylation is 2. The Labute approximate surface area is 206 Å². The topological polar surface area (TPSA) is 125 Å². The number of anilines is 1. The summed E-state index contributed by atoms with van der Waals surface area (Å²) in [5, 5.41) is 5.14. The number of hydrogen-bond acceptors (Lipinski definition) is 4. The van der Waals surface area contributed by atoms with Gasteiger partial charge in [0.1, 0.15) is 6.54 Å². The third-order valence-corrected chi connectivity index (χ3v) is 6.66. The minimum atomic E-state index is -1.04. The van der Waals surface area contributed by atoms with Gasteiger partial charge >= 0.3 is 12.1 Å². The van der Waals surface area contributed by atoms with Crippen molar-refractivity contribution in [1.82, 2.24) is 15.1 Å². The number of carbonyl (C=O) groups is 4. The number of primary amides is 1. The highest BCUT2D eigenvalue weighted by atomic mass is 19.2. The van der Waals surface area contributed by atoms with E-state index in [0.717, 1.165) is 22.6 Å². The van der Waals surface area contributed by atoms with Crippen molar-refractivity contribution >= 4 is 29.6 Å². The van der Waals surface area contributed by atoms with Crippen LogP contribution in [0.3, 0.4) is 0 Å². The Balaban J connectivity index is 1.48. The van der Waals surface area contributed by atoms with Gasteiger partial charge in [-0.1, -0.05) is 6.07 Å². The van der Waals surface area contributed by atoms with Gasteiger partial charge in [-0.05, 0) is 72.2 Å². The summed E-state index contributed by atoms with van der Waals surface area (Å²) in [5.74, 6) is -3.68. The minimum Gasteiger partial charge on any atom is -0.351 e. The van der Waals surface area contributed by atoms with Gasteiger partial charge in [0.25, 0.3) is 0 Å². The Hall–Kier alpha value is -4.02. The molecule has 4 rings (SSSR count). The quantitative estimate of drug-likeness (QED) is 0.598. The molecular formula is C25H27F2N5O4. The zero-order chi connectivity index (χ0) is 26.0. The second kappa shape index (κ2) is 10.3. The number of urea groups is 2. The molecule has 190 valence electrons. The molecule has 11 heteroatoms. The molecule has 0 aromatic heterocycles. The van der Waals surface area contributed by atoms with Crippen molar-refractivity contribution in [3.8, 4) is 0 Å². The molecule has 1 aliphatic heterocycles. The molecular weight excluding hydrogens is 472 g/mol. The third-order valence-electron chi connectivity index (χ3n) is 6.66. The lowest BCUT2D eigenvalue weighted by Crippen LogP contribution is -2.49. The van der Waals surface area contributed by atoms with Crippen LogP contribution < -0.4 is 16.4 Å². The number of nitrogens with one attached hydrogen (secondary N) is 2. The van der Waals surface area contributed by atoms with Crippen LogP contribution in [-0.4, -0.2) is 53.8 Å². The summed E-state index contributed by atoms with van der Waals surface area (Å²) in [6, 6.07) is 5.97. The van der Waals surface area contributed by atoms with Crippen LogP contribution in [0.4, 0.5) is 24.1 Å². The number of imide groups is 1. The molecule has 9 nitrogen and oxygen atoms in total. The number of nitrogens with zero attached hydrogens (tertiary/aromatic N) is 2. The summed E-state index contributed by atoms with van der Waals surface area (Å²) in [7, 11) is 1.50. The summed E-state index contributed by atoms with van der Waals surface area (Å²) in [6.45, 7) is -0.195. The van der Waals surface area contributed by atoms with Crippen molar-refractivity contribution in [2.45, 2.75) is 38.1 Å². The van der Waals surface area contributed by atoms with Gasteiger partial charge in [0.05, 0.1) is 5.92 Å². The van der Waals surface area contributed by atoms with Gasteiger partial charge in [0, 0.05) is 25.8 Å². The molecule has 0 saturated heterocycles. The van der Waals surface area contributed by atoms with E-state index in [-0.39, 0.29) is 12.6 Å². The first-order valence-electron chi connectivity index (χ1n) is 11.6. The van der Waals surface area contributed by atoms with E-state index < -0.39 is 41.9 Å². The number of fused-ring (bicyclic) bond motifs is 2. The van der Waals surface area contributed by atoms with Crippen LogP contribution in [0.25, 0.3) is 0 Å². The van der Waals surface area contributed by atoms with Crippen LogP contribution >= 0.6 is 0 Å². The molecule has 0 fully saturated rings. The zero-order valence-corrected chi connectivity index (χ0v) is 19.8. The summed E-state index contributed by atoms with van der Waals surface area (Å²) in [4.78, 5) is 52.3. The Morgan fingerprint density at radius 3 is 2.47 bits per heavy atom. The maximum atomic E-state index is 13.8. The van der Waals surface area contributed by atoms with Crippen molar-refractivity contribution in [2.75, 3.05) is 25.5 Å². The Bertz CT molecular complexity index is 1240. The predicted molar refractivity (Wildman–Crippen MR) is 127 cm³/mol. The van der Waals surface area contributed by atoms with E-state index in [1.807, 2.05) is 0 Å². The van der Waals surface area contributed by atoms with Gasteiger partial charge in [0.2, 0.25) is 11.8 Å². The first-order valence-corrected chi connectivity index (χ1v) is 11.6. The van der Waals surface area contributed by atoms with E-state index in [4.69, 9.17) is 5.73 Å². The van der Waals surface area contributed by atoms with E-state index in [1.165, 1.54) is 11.9 Å². The van der Waals surface area contributed by atoms with Crippen molar-refractivity contribution in [1.29, 1.82) is 0 Å². The molecule has 0 bridgehead atoms. The average molecular weight is 500 g/mol. The number of hydrogen-bond donors (Lipinski definition) is 3. The van der Waals surface area contributed by atoms with Gasteiger partial charge in [-0.15, -0.1) is 0 Å². The van der Waals surface area contributed by atoms with E-state index in [9.17, 15) is 28.0 Å². The molecule has 1 aliphatic carbocycles. The second-order valence-electron chi connectivity index (χ2n) is 8.93. The lowest BCUT2D eigenvalue weighted by molar-refractivity contribution is -0.139. The molecule has 0 unspecified atom stereocenters. The SMILES string of the molecule is CNC(=O)Nc1ccc2c(c1)CC[C@@H]2C(=O)N(CC(=O)N1CCCc2cc(F)c(F)cc2C1)C(N)=O. The van der Waals surface area contributed by atoms with Crippen LogP contribution in [0.15, 0.2) is 30.3 Å². The normalized spacial score (nSPS) is 16.4. The molecule has 36 heavy (non-hydrogen) atoms. The van der Waals surface area contributed by atoms with Gasteiger partial charge in [-0.2, -0.15) is 0 Å². The van der Waals surface area contributed by atoms with Crippen LogP contribution in [0.1, 0.15) is 41.0 Å². The Morgan fingerprint density at radius 1 is 1.06 bits per heavy atom. The lowest BCUT2D eigenvalue weighted by Gasteiger charge is -2.26. The van der Waals surface area contributed by atoms with Crippen LogP contribution in [0, 0.1) is 11.6 Å². The first-order chi connectivity index (χ1) is 17.2. The largest absolute Gasteiger partial charge is 0.351 e. The fourth-order valence-corrected chi connectivity index (χ4v) is 4.80. The predicted octanol–water partition coefficient (Wildman–Crippen LogP) is 2.63. The fourth-order valence-electron chi connectivity index (χ4n) is 4.80. The van der Waals surface area contributed by atoms with Crippen molar-refractivity contribution < 1.29 is 28.0 Å². The van der Waals surface area contributed by atoms with Crippen molar-refractivity contribution in [3.05, 3.63) is 64.2 Å². The maximum Gasteiger partial charge on any atom is 0.321 e. The standard InChI is InChI=1S/C25H27F2N5O4/c1-29-25(36)30-17-5-7-18-15(9-17)4-6-19(18)23(34)32(24(28)35)13-22(33)31-8-2-3-14-10-20(26)21(27)11-16(14)12-31/h5,7,9-11,19H,2-4,6,8,12-13H2,1H3,(H2,28,35)(H2,29,30,36)/t19-/m0/s1. The van der Waals surface area contributed by atoms with Crippen LogP contribution in [0.2, 0.25) is 0 Å². The summed E-state index contributed by atoms with van der Waals surface area (Å²) >= 11 is 0. The molecule has 0 saturated carbocycles. The summed E-state index contributed by atoms with van der Waals surface area (Å²) < 4.78 is 27.4. The highest BCUT2D eigenvalue weighted by Crippen LogP contribution is 2.36. The average Bonchev–Trinajstić information content (AvgIpc) is 3.15. The monoisotopic (exact) mass is 499 g/mol. The van der Waals surface area contributed by atoms with Gasteiger partial charge in [-0.3, -0.25) is 14.5 Å². The van der Waals surface area contributed by atoms with Crippen LogP contribution in [0.5, 0.6) is 0 Å². The Morgan fingerprint density at radius 2 is 1.78 bits per heavy atom. The number of rotatable bonds is 4. The highest BCUT2D eigenvalue weighted by Gasteiger charge is 2.35. The highest BCUT2D eigenvalue weighted by molar-refractivity contribution is 6.01. The van der Waals surface area contributed by atoms with E-state index in [2.05, 4.69) is 10.6 Å². The minimum absolute atomic E-state index is 0.0412. The molecule has 2 aromatic rings. The van der Waals surface area contributed by atoms with Gasteiger partial charge in [-0.25, -0.2) is 18.4 Å². The number of nitrogens with two attached hydrogens (primary N) is 1. The van der Waals surface area contributed by atoms with E-state index >= 15 is 0 Å². The number of carbonyl (C=O) groups excluding carboxylic acids is 4. The van der Waals surface area contributed by atoms with Crippen molar-refractivity contribution in [3.63, 3.8) is 0 Å². The molecule has 1 heterocycles. The lowest BCUT2D eigenvalue weighted by atomic mass is 9.99. The molecule has 2 aliphatic rings. The molecule has 2 aromatic carbocycles. The molecule has 1 atom stereocenters. The van der Waals surface area contributed by atoms with Gasteiger partial charge in [0.15, 0.2) is 11.6 Å². The van der Waals surface area contributed by atoms with E-state index in [1.54, 1.807) is 18.2 Å². The third kappa shape index (κ3) is 5.14. The van der Waals surface area contributed by atoms with Crippen LogP contribution in [-0.2, 0) is 29.0 Å². The van der Waals surface area contributed by atoms with Crippen molar-refractivity contribution in [2.24, 2.45) is 5.73 Å². The fraction of sp³-hybridized carbons (Fsp3) is 0.360. The number of amides is 6. The second-order valence-corrected chi connectivity index (χ2v) is 8.93. The first kappa shape index (κ1) is 25.1. The summed E-state index contributed by atoms with van der Waals surface area (Å²) in [6.07, 6.45) is 1.99. The van der Waals surface area contributed by atoms with Gasteiger partial charge < -0.3 is 21.3 Å². The molecule has 6 amide bonds. The molecule has 4 N–H and O–H groups in total. The maximum absolute atomic E-state index is 13.8. The number of halogens is 2.